The van der Waals surface area contributed by atoms with Crippen LogP contribution in [0.4, 0.5) is 10.1 Å². The minimum absolute atomic E-state index is 0.0167. The monoisotopic (exact) mass is 310 g/mol. The van der Waals surface area contributed by atoms with Crippen molar-refractivity contribution in [1.29, 1.82) is 0 Å². The molecule has 0 fully saturated rings. The predicted molar refractivity (Wildman–Crippen MR) is 73.1 cm³/mol. The number of benzene rings is 1. The van der Waals surface area contributed by atoms with Crippen molar-refractivity contribution in [3.8, 4) is 0 Å². The molecule has 0 atom stereocenters. The van der Waals surface area contributed by atoms with Gasteiger partial charge in [0, 0.05) is 11.9 Å². The first-order valence-electron chi connectivity index (χ1n) is 5.78. The molecule has 0 radical (unpaired) electrons. The molecule has 0 spiro atoms. The lowest BCUT2D eigenvalue weighted by atomic mass is 10.1. The summed E-state index contributed by atoms with van der Waals surface area (Å²) in [5.74, 6) is -2.17. The minimum atomic E-state index is -4.23. The highest BCUT2D eigenvalue weighted by Crippen LogP contribution is 2.19. The Balaban J connectivity index is 2.40. The van der Waals surface area contributed by atoms with Crippen molar-refractivity contribution in [3.05, 3.63) is 53.5 Å². The summed E-state index contributed by atoms with van der Waals surface area (Å²) >= 11 is 0. The van der Waals surface area contributed by atoms with Crippen LogP contribution >= 0.6 is 0 Å². The summed E-state index contributed by atoms with van der Waals surface area (Å²) < 4.78 is 39.6. The summed E-state index contributed by atoms with van der Waals surface area (Å²) in [4.78, 5) is 14.5. The lowest BCUT2D eigenvalue weighted by Crippen LogP contribution is -2.16. The van der Waals surface area contributed by atoms with Gasteiger partial charge in [-0.15, -0.1) is 0 Å². The smallest absolute Gasteiger partial charge is 0.336 e. The maximum Gasteiger partial charge on any atom is 0.336 e. The molecule has 0 unspecified atom stereocenters. The molecular formula is C13H11FN2O4S. The lowest BCUT2D eigenvalue weighted by Gasteiger charge is -2.09. The highest BCUT2D eigenvalue weighted by atomic mass is 32.2. The van der Waals surface area contributed by atoms with Gasteiger partial charge in [0.2, 0.25) is 5.03 Å². The van der Waals surface area contributed by atoms with Gasteiger partial charge in [0.15, 0.2) is 5.82 Å². The van der Waals surface area contributed by atoms with E-state index in [1.165, 1.54) is 18.2 Å². The molecule has 8 heteroatoms. The molecule has 0 aliphatic carbocycles. The summed E-state index contributed by atoms with van der Waals surface area (Å²) in [6.07, 6.45) is 1.15. The predicted octanol–water partition coefficient (Wildman–Crippen LogP) is 2.03. The van der Waals surface area contributed by atoms with E-state index >= 15 is 0 Å². The zero-order chi connectivity index (χ0) is 15.6. The van der Waals surface area contributed by atoms with Crippen molar-refractivity contribution in [2.45, 2.75) is 11.9 Å². The minimum Gasteiger partial charge on any atom is -0.478 e. The van der Waals surface area contributed by atoms with E-state index in [-0.39, 0.29) is 11.3 Å². The molecule has 0 saturated heterocycles. The van der Waals surface area contributed by atoms with E-state index in [1.54, 1.807) is 6.92 Å². The van der Waals surface area contributed by atoms with Gasteiger partial charge < -0.3 is 5.11 Å². The van der Waals surface area contributed by atoms with Crippen LogP contribution in [0.15, 0.2) is 41.6 Å². The van der Waals surface area contributed by atoms with E-state index in [2.05, 4.69) is 9.71 Å². The average Bonchev–Trinajstić information content (AvgIpc) is 2.40. The number of hydrogen-bond donors (Lipinski definition) is 2. The van der Waals surface area contributed by atoms with Gasteiger partial charge in [0.05, 0.1) is 5.56 Å². The van der Waals surface area contributed by atoms with Gasteiger partial charge in [0.25, 0.3) is 10.0 Å². The number of aromatic nitrogens is 1. The third kappa shape index (κ3) is 3.16. The van der Waals surface area contributed by atoms with Crippen molar-refractivity contribution in [3.63, 3.8) is 0 Å². The fraction of sp³-hybridized carbons (Fsp3) is 0.0769. The normalized spacial score (nSPS) is 11.1. The molecule has 0 bridgehead atoms. The summed E-state index contributed by atoms with van der Waals surface area (Å²) in [5, 5.41) is 8.25. The van der Waals surface area contributed by atoms with Crippen LogP contribution in [0.3, 0.4) is 0 Å². The van der Waals surface area contributed by atoms with E-state index in [9.17, 15) is 17.6 Å². The zero-order valence-corrected chi connectivity index (χ0v) is 11.7. The van der Waals surface area contributed by atoms with E-state index in [0.29, 0.717) is 5.56 Å². The molecule has 1 aromatic carbocycles. The Morgan fingerprint density at radius 1 is 1.33 bits per heavy atom. The van der Waals surface area contributed by atoms with Gasteiger partial charge in [0.1, 0.15) is 0 Å². The Labute approximate surface area is 120 Å². The molecule has 21 heavy (non-hydrogen) atoms. The second kappa shape index (κ2) is 5.49. The second-order valence-electron chi connectivity index (χ2n) is 4.23. The van der Waals surface area contributed by atoms with Crippen LogP contribution in [-0.4, -0.2) is 24.5 Å². The van der Waals surface area contributed by atoms with Crippen LogP contribution in [0.2, 0.25) is 0 Å². The zero-order valence-electron chi connectivity index (χ0n) is 10.9. The maximum atomic E-state index is 13.5. The Hall–Kier alpha value is -2.48. The molecular weight excluding hydrogens is 299 g/mol. The number of sulfonamides is 1. The first kappa shape index (κ1) is 14.9. The Kier molecular flexibility index (Phi) is 3.90. The molecule has 1 aromatic heterocycles. The van der Waals surface area contributed by atoms with Crippen LogP contribution in [0.25, 0.3) is 0 Å². The summed E-state index contributed by atoms with van der Waals surface area (Å²) in [5.41, 5.74) is 0.453. The number of hydrogen-bond acceptors (Lipinski definition) is 4. The van der Waals surface area contributed by atoms with E-state index < -0.39 is 26.8 Å². The number of aryl methyl sites for hydroxylation is 1. The van der Waals surface area contributed by atoms with Gasteiger partial charge in [-0.25, -0.2) is 14.2 Å². The van der Waals surface area contributed by atoms with Crippen LogP contribution in [-0.2, 0) is 10.0 Å². The maximum absolute atomic E-state index is 13.5. The third-order valence-electron chi connectivity index (χ3n) is 2.70. The molecule has 110 valence electrons. The topological polar surface area (TPSA) is 96.4 Å². The SMILES string of the molecule is Cc1ccc(NS(=O)(=O)c2ncccc2F)cc1C(=O)O. The highest BCUT2D eigenvalue weighted by molar-refractivity contribution is 7.92. The molecule has 0 saturated carbocycles. The van der Waals surface area contributed by atoms with Crippen molar-refractivity contribution < 1.29 is 22.7 Å². The summed E-state index contributed by atoms with van der Waals surface area (Å²) in [7, 11) is -4.23. The first-order valence-corrected chi connectivity index (χ1v) is 7.27. The fourth-order valence-electron chi connectivity index (χ4n) is 1.69. The standard InChI is InChI=1S/C13H11FN2O4S/c1-8-4-5-9(7-10(8)13(17)18)16-21(19,20)12-11(14)3-2-6-15-12/h2-7,16H,1H3,(H,17,18). The van der Waals surface area contributed by atoms with Gasteiger partial charge in [-0.1, -0.05) is 6.07 Å². The van der Waals surface area contributed by atoms with Crippen LogP contribution in [0.1, 0.15) is 15.9 Å². The average molecular weight is 310 g/mol. The van der Waals surface area contributed by atoms with Crippen molar-refractivity contribution in [1.82, 2.24) is 4.98 Å². The lowest BCUT2D eigenvalue weighted by molar-refractivity contribution is 0.0696. The largest absolute Gasteiger partial charge is 0.478 e. The molecule has 0 aliphatic rings. The van der Waals surface area contributed by atoms with Gasteiger partial charge in [-0.05, 0) is 36.8 Å². The number of rotatable bonds is 4. The fourth-order valence-corrected chi connectivity index (χ4v) is 2.75. The van der Waals surface area contributed by atoms with Crippen LogP contribution in [0.5, 0.6) is 0 Å². The van der Waals surface area contributed by atoms with E-state index in [1.807, 2.05) is 0 Å². The van der Waals surface area contributed by atoms with E-state index in [0.717, 1.165) is 18.3 Å². The number of carbonyl (C=O) groups is 1. The second-order valence-corrected chi connectivity index (χ2v) is 5.83. The number of halogens is 1. The van der Waals surface area contributed by atoms with Gasteiger partial charge in [-0.3, -0.25) is 4.72 Å². The molecule has 2 aromatic rings. The first-order chi connectivity index (χ1) is 9.81. The van der Waals surface area contributed by atoms with Crippen LogP contribution in [0, 0.1) is 12.7 Å². The number of carboxylic acid groups (broad SMARTS) is 1. The third-order valence-corrected chi connectivity index (χ3v) is 4.01. The summed E-state index contributed by atoms with van der Waals surface area (Å²) in [6.45, 7) is 1.58. The Morgan fingerprint density at radius 2 is 2.05 bits per heavy atom. The number of anilines is 1. The number of aromatic carboxylic acids is 1. The van der Waals surface area contributed by atoms with Crippen molar-refractivity contribution in [2.24, 2.45) is 0 Å². The number of pyridine rings is 1. The van der Waals surface area contributed by atoms with Crippen molar-refractivity contribution in [2.75, 3.05) is 4.72 Å². The molecule has 2 N–H and O–H groups in total. The molecule has 0 aliphatic heterocycles. The molecule has 0 amide bonds. The highest BCUT2D eigenvalue weighted by Gasteiger charge is 2.21. The van der Waals surface area contributed by atoms with Crippen LogP contribution < -0.4 is 4.72 Å². The van der Waals surface area contributed by atoms with Gasteiger partial charge >= 0.3 is 5.97 Å². The molecule has 1 heterocycles. The number of nitrogens with one attached hydrogen (secondary N) is 1. The summed E-state index contributed by atoms with van der Waals surface area (Å²) in [6, 6.07) is 6.24. The van der Waals surface area contributed by atoms with E-state index in [4.69, 9.17) is 5.11 Å². The number of nitrogens with zero attached hydrogens (tertiary/aromatic N) is 1. The molecule has 2 rings (SSSR count). The molecule has 6 nitrogen and oxygen atoms in total. The quantitative estimate of drug-likeness (QED) is 0.900. The van der Waals surface area contributed by atoms with Gasteiger partial charge in [-0.2, -0.15) is 8.42 Å². The number of carboxylic acids is 1. The Bertz CT molecular complexity index is 806. The Morgan fingerprint density at radius 3 is 2.67 bits per heavy atom. The van der Waals surface area contributed by atoms with Crippen molar-refractivity contribution >= 4 is 21.7 Å².